The minimum Gasteiger partial charge on any atom is -0.497 e. The van der Waals surface area contributed by atoms with Gasteiger partial charge in [0.2, 0.25) is 0 Å². The number of methoxy groups -OCH3 is 3. The van der Waals surface area contributed by atoms with Crippen molar-refractivity contribution in [2.75, 3.05) is 28.4 Å². The Morgan fingerprint density at radius 2 is 1.36 bits per heavy atom. The highest BCUT2D eigenvalue weighted by Crippen LogP contribution is 2.22. The molecule has 2 rings (SSSR count). The van der Waals surface area contributed by atoms with Crippen LogP contribution in [0.2, 0.25) is 0 Å². The quantitative estimate of drug-likeness (QED) is 0.501. The maximum absolute atomic E-state index is 10.8. The van der Waals surface area contributed by atoms with E-state index in [1.807, 2.05) is 25.1 Å². The van der Waals surface area contributed by atoms with E-state index in [1.165, 1.54) is 21.0 Å². The maximum atomic E-state index is 10.8. The van der Waals surface area contributed by atoms with Crippen LogP contribution in [0.5, 0.6) is 11.5 Å². The summed E-state index contributed by atoms with van der Waals surface area (Å²) in [5, 5.41) is 7.00. The van der Waals surface area contributed by atoms with Gasteiger partial charge in [0.15, 0.2) is 11.6 Å². The highest BCUT2D eigenvalue weighted by atomic mass is 16.5. The number of ketones is 2. The minimum atomic E-state index is 0. The first kappa shape index (κ1) is 31.0. The molecule has 2 aromatic carbocycles. The second-order valence-corrected chi connectivity index (χ2v) is 5.85. The molecule has 0 amide bonds. The van der Waals surface area contributed by atoms with Crippen LogP contribution in [0.25, 0.3) is 0 Å². The first-order valence-corrected chi connectivity index (χ1v) is 9.54. The van der Waals surface area contributed by atoms with Gasteiger partial charge < -0.3 is 19.3 Å². The lowest BCUT2D eigenvalue weighted by atomic mass is 10.1. The van der Waals surface area contributed by atoms with E-state index in [2.05, 4.69) is 34.5 Å². The van der Waals surface area contributed by atoms with Gasteiger partial charge in [-0.25, -0.2) is 0 Å². The van der Waals surface area contributed by atoms with Crippen molar-refractivity contribution in [3.63, 3.8) is 0 Å². The number of terminal acetylenes is 1. The summed E-state index contributed by atoms with van der Waals surface area (Å²) in [6.07, 6.45) is 7.04. The van der Waals surface area contributed by atoms with Crippen LogP contribution in [0, 0.1) is 43.1 Å². The number of hydrogen-bond acceptors (Lipinski definition) is 6. The second kappa shape index (κ2) is 19.8. The van der Waals surface area contributed by atoms with Crippen LogP contribution < -0.4 is 9.47 Å². The molecule has 6 heteroatoms. The fourth-order valence-electron chi connectivity index (χ4n) is 2.06. The molecule has 0 atom stereocenters. The summed E-state index contributed by atoms with van der Waals surface area (Å²) in [6, 6.07) is 12.4. The Kier molecular flexibility index (Phi) is 18.6. The SMILES string of the molecule is C#CC#CC#COC.CC(=O)c1ccc(C(C)=O)cc1.CO.COc1ccc(OC)c(C)c1.[HH].[HH].[HH].[HH].[HH]. The summed E-state index contributed by atoms with van der Waals surface area (Å²) in [5.74, 6) is 10.9. The zero-order valence-corrected chi connectivity index (χ0v) is 20.1. The summed E-state index contributed by atoms with van der Waals surface area (Å²) in [4.78, 5) is 21.7. The van der Waals surface area contributed by atoms with Crippen molar-refractivity contribution in [1.82, 2.24) is 0 Å². The number of benzene rings is 2. The summed E-state index contributed by atoms with van der Waals surface area (Å²) in [7, 11) is 5.78. The van der Waals surface area contributed by atoms with E-state index >= 15 is 0 Å². The Balaban J connectivity index is -0.0000000701. The Morgan fingerprint density at radius 3 is 1.70 bits per heavy atom. The van der Waals surface area contributed by atoms with E-state index in [0.29, 0.717) is 11.1 Å². The van der Waals surface area contributed by atoms with Crippen molar-refractivity contribution >= 4 is 11.6 Å². The highest BCUT2D eigenvalue weighted by Gasteiger charge is 2.01. The molecule has 0 unspecified atom stereocenters. The summed E-state index contributed by atoms with van der Waals surface area (Å²) < 4.78 is 14.5. The van der Waals surface area contributed by atoms with Crippen molar-refractivity contribution in [1.29, 1.82) is 0 Å². The van der Waals surface area contributed by atoms with Gasteiger partial charge in [0.25, 0.3) is 0 Å². The lowest BCUT2D eigenvalue weighted by molar-refractivity contribution is 0.100. The van der Waals surface area contributed by atoms with E-state index < -0.39 is 0 Å². The number of rotatable bonds is 4. The molecular formula is C27H40O6. The molecule has 0 saturated carbocycles. The number of aliphatic hydroxyl groups excluding tert-OH is 1. The second-order valence-electron chi connectivity index (χ2n) is 5.85. The van der Waals surface area contributed by atoms with Crippen molar-refractivity contribution in [3.05, 3.63) is 59.2 Å². The number of aliphatic hydroxyl groups is 1. The molecule has 2 aromatic rings. The van der Waals surface area contributed by atoms with Gasteiger partial charge in [0, 0.05) is 37.2 Å². The Labute approximate surface area is 204 Å². The van der Waals surface area contributed by atoms with Gasteiger partial charge in [-0.15, -0.1) is 6.42 Å². The Morgan fingerprint density at radius 1 is 0.848 bits per heavy atom. The predicted octanol–water partition coefficient (Wildman–Crippen LogP) is 5.17. The lowest BCUT2D eigenvalue weighted by Crippen LogP contribution is -1.95. The average Bonchev–Trinajstić information content (AvgIpc) is 2.84. The Hall–Kier alpha value is -4.18. The largest absolute Gasteiger partial charge is 0.497 e. The molecule has 0 aliphatic heterocycles. The Bertz CT molecular complexity index is 1010. The van der Waals surface area contributed by atoms with Crippen LogP contribution in [0.3, 0.4) is 0 Å². The molecule has 0 spiro atoms. The van der Waals surface area contributed by atoms with Gasteiger partial charge in [-0.05, 0) is 56.4 Å². The number of carbonyl (C=O) groups is 2. The average molecular weight is 461 g/mol. The van der Waals surface area contributed by atoms with E-state index in [-0.39, 0.29) is 18.7 Å². The number of carbonyl (C=O) groups excluding carboxylic acids is 2. The van der Waals surface area contributed by atoms with Crippen LogP contribution in [0.15, 0.2) is 42.5 Å². The molecule has 0 aromatic heterocycles. The number of aryl methyl sites for hydroxylation is 1. The van der Waals surface area contributed by atoms with Crippen molar-refractivity contribution < 1.29 is 36.0 Å². The number of hydrogen-bond donors (Lipinski definition) is 1. The monoisotopic (exact) mass is 460 g/mol. The standard InChI is InChI=1S/C10H10O2.C9H12O2.C7H4O.CH4O.5H2/c1-7(11)9-3-5-10(6-4-9)8(2)12;1-7-6-8(10-2)4-5-9(7)11-3;1-3-4-5-6-7-8-2;1-2;;;;;/h3-6H,1-2H3;4-6H,1-3H3;1H,2H3;2H,1H3;5*1H. The normalized spacial score (nSPS) is 7.73. The number of ether oxygens (including phenoxy) is 3. The van der Waals surface area contributed by atoms with Crippen molar-refractivity contribution in [2.45, 2.75) is 20.8 Å². The molecular weight excluding hydrogens is 420 g/mol. The molecule has 0 saturated heterocycles. The smallest absolute Gasteiger partial charge is 0.159 e. The van der Waals surface area contributed by atoms with E-state index in [9.17, 15) is 9.59 Å². The predicted molar refractivity (Wildman–Crippen MR) is 141 cm³/mol. The van der Waals surface area contributed by atoms with E-state index in [0.717, 1.165) is 24.2 Å². The molecule has 0 aliphatic carbocycles. The van der Waals surface area contributed by atoms with Gasteiger partial charge in [0.05, 0.1) is 21.3 Å². The van der Waals surface area contributed by atoms with Crippen molar-refractivity contribution in [3.8, 4) is 47.7 Å². The minimum absolute atomic E-state index is 0. The fraction of sp³-hybridized carbons (Fsp3) is 0.259. The van der Waals surface area contributed by atoms with Crippen LogP contribution in [0.4, 0.5) is 0 Å². The van der Waals surface area contributed by atoms with Crippen LogP contribution in [-0.2, 0) is 4.74 Å². The van der Waals surface area contributed by atoms with Gasteiger partial charge in [-0.3, -0.25) is 9.59 Å². The zero-order valence-electron chi connectivity index (χ0n) is 20.1. The molecule has 33 heavy (non-hydrogen) atoms. The maximum Gasteiger partial charge on any atom is 0.159 e. The highest BCUT2D eigenvalue weighted by molar-refractivity contribution is 5.97. The molecule has 0 fully saturated rings. The van der Waals surface area contributed by atoms with Gasteiger partial charge in [-0.1, -0.05) is 24.3 Å². The van der Waals surface area contributed by atoms with Crippen molar-refractivity contribution in [2.24, 2.45) is 0 Å². The van der Waals surface area contributed by atoms with E-state index in [4.69, 9.17) is 21.0 Å². The third-order valence-electron chi connectivity index (χ3n) is 3.65. The first-order chi connectivity index (χ1) is 15.8. The van der Waals surface area contributed by atoms with Crippen LogP contribution >= 0.6 is 0 Å². The van der Waals surface area contributed by atoms with Gasteiger partial charge in [-0.2, -0.15) is 0 Å². The topological polar surface area (TPSA) is 82.1 Å². The molecule has 0 bridgehead atoms. The molecule has 6 nitrogen and oxygen atoms in total. The molecule has 0 heterocycles. The van der Waals surface area contributed by atoms with Gasteiger partial charge in [0.1, 0.15) is 17.6 Å². The summed E-state index contributed by atoms with van der Waals surface area (Å²) in [6.45, 7) is 4.99. The zero-order chi connectivity index (χ0) is 25.6. The summed E-state index contributed by atoms with van der Waals surface area (Å²) in [5.41, 5.74) is 2.37. The van der Waals surface area contributed by atoms with Crippen LogP contribution in [0.1, 0.15) is 47.3 Å². The van der Waals surface area contributed by atoms with E-state index in [1.54, 1.807) is 38.5 Å². The van der Waals surface area contributed by atoms with Crippen LogP contribution in [-0.4, -0.2) is 45.1 Å². The molecule has 184 valence electrons. The third-order valence-corrected chi connectivity index (χ3v) is 3.65. The third kappa shape index (κ3) is 14.5. The number of Topliss-reactive ketones (excluding diaryl/α,β-unsaturated/α-hetero) is 2. The lowest BCUT2D eigenvalue weighted by Gasteiger charge is -2.05. The molecule has 0 aliphatic rings. The molecule has 0 radical (unpaired) electrons. The first-order valence-electron chi connectivity index (χ1n) is 9.54. The fourth-order valence-corrected chi connectivity index (χ4v) is 2.06. The summed E-state index contributed by atoms with van der Waals surface area (Å²) >= 11 is 0. The molecule has 1 N–H and O–H groups in total. The van der Waals surface area contributed by atoms with Gasteiger partial charge >= 0.3 is 0 Å².